The number of ether oxygens (including phenoxy) is 1. The van der Waals surface area contributed by atoms with E-state index in [0.29, 0.717) is 16.6 Å². The molecule has 0 bridgehead atoms. The number of thiazole rings is 1. The summed E-state index contributed by atoms with van der Waals surface area (Å²) in [6.45, 7) is 0. The van der Waals surface area contributed by atoms with Crippen LogP contribution >= 0.6 is 34.3 Å². The summed E-state index contributed by atoms with van der Waals surface area (Å²) in [4.78, 5) is 21.6. The number of benzene rings is 1. The number of aliphatic imine (C=N–C) groups is 1. The average Bonchev–Trinajstić information content (AvgIpc) is 3.31. The molecule has 0 radical (unpaired) electrons. The number of aromatic nitrogens is 1. The van der Waals surface area contributed by atoms with Crippen LogP contribution in [0.4, 0.5) is 0 Å². The van der Waals surface area contributed by atoms with Gasteiger partial charge in [-0.15, -0.1) is 22.7 Å². The molecule has 0 aliphatic carbocycles. The molecule has 0 spiro atoms. The van der Waals surface area contributed by atoms with Crippen molar-refractivity contribution in [2.24, 2.45) is 4.99 Å². The quantitative estimate of drug-likeness (QED) is 0.487. The maximum atomic E-state index is 12.0. The van der Waals surface area contributed by atoms with E-state index in [1.54, 1.807) is 6.08 Å². The molecular weight excluding hydrogens is 364 g/mol. The number of rotatable bonds is 3. The van der Waals surface area contributed by atoms with Crippen LogP contribution in [0.25, 0.3) is 16.6 Å². The van der Waals surface area contributed by atoms with E-state index in [4.69, 9.17) is 16.3 Å². The average molecular weight is 373 g/mol. The minimum atomic E-state index is -0.459. The molecule has 3 heterocycles. The van der Waals surface area contributed by atoms with Crippen LogP contribution in [0.2, 0.25) is 5.02 Å². The van der Waals surface area contributed by atoms with Crippen molar-refractivity contribution < 1.29 is 9.53 Å². The Morgan fingerprint density at radius 2 is 1.96 bits per heavy atom. The van der Waals surface area contributed by atoms with Crippen LogP contribution in [0.15, 0.2) is 57.8 Å². The molecule has 0 saturated heterocycles. The van der Waals surface area contributed by atoms with Gasteiger partial charge >= 0.3 is 5.97 Å². The van der Waals surface area contributed by atoms with Gasteiger partial charge in [-0.2, -0.15) is 0 Å². The lowest BCUT2D eigenvalue weighted by atomic mass is 10.2. The van der Waals surface area contributed by atoms with E-state index in [0.717, 1.165) is 15.4 Å². The Bertz CT molecular complexity index is 957. The zero-order valence-electron chi connectivity index (χ0n) is 12.1. The van der Waals surface area contributed by atoms with Crippen molar-refractivity contribution in [2.45, 2.75) is 0 Å². The number of carbonyl (C=O) groups excluding carboxylic acids is 1. The van der Waals surface area contributed by atoms with E-state index in [9.17, 15) is 4.79 Å². The first-order chi connectivity index (χ1) is 11.7. The Balaban J connectivity index is 1.62. The fourth-order valence-electron chi connectivity index (χ4n) is 2.13. The summed E-state index contributed by atoms with van der Waals surface area (Å²) in [6.07, 6.45) is 1.64. The summed E-state index contributed by atoms with van der Waals surface area (Å²) in [5.74, 6) is -0.117. The maximum Gasteiger partial charge on any atom is 0.363 e. The van der Waals surface area contributed by atoms with Crippen LogP contribution in [0.1, 0.15) is 10.6 Å². The van der Waals surface area contributed by atoms with Gasteiger partial charge in [-0.25, -0.2) is 14.8 Å². The highest BCUT2D eigenvalue weighted by Gasteiger charge is 2.25. The molecule has 0 fully saturated rings. The molecule has 0 N–H and O–H groups in total. The molecule has 7 heteroatoms. The Hall–Kier alpha value is -2.28. The van der Waals surface area contributed by atoms with Gasteiger partial charge in [0.25, 0.3) is 0 Å². The number of carbonyl (C=O) groups is 1. The zero-order valence-corrected chi connectivity index (χ0v) is 14.5. The Morgan fingerprint density at radius 3 is 2.71 bits per heavy atom. The van der Waals surface area contributed by atoms with Gasteiger partial charge in [0.2, 0.25) is 5.90 Å². The van der Waals surface area contributed by atoms with Crippen LogP contribution in [0.3, 0.4) is 0 Å². The van der Waals surface area contributed by atoms with Gasteiger partial charge in [0, 0.05) is 16.0 Å². The molecule has 0 saturated carbocycles. The molecule has 0 atom stereocenters. The van der Waals surface area contributed by atoms with E-state index in [2.05, 4.69) is 9.98 Å². The Kier molecular flexibility index (Phi) is 4.02. The van der Waals surface area contributed by atoms with Gasteiger partial charge in [-0.1, -0.05) is 29.8 Å². The maximum absolute atomic E-state index is 12.0. The highest BCUT2D eigenvalue weighted by Crippen LogP contribution is 2.27. The number of nitrogens with zero attached hydrogens (tertiary/aromatic N) is 2. The molecule has 4 nitrogen and oxygen atoms in total. The van der Waals surface area contributed by atoms with Crippen LogP contribution in [0, 0.1) is 0 Å². The van der Waals surface area contributed by atoms with E-state index >= 15 is 0 Å². The summed E-state index contributed by atoms with van der Waals surface area (Å²) in [5, 5.41) is 5.32. The SMILES string of the molecule is O=C1OC(c2cccs2)=NC1=Cc1csc(-c2ccc(Cl)cc2)n1. The molecule has 4 rings (SSSR count). The summed E-state index contributed by atoms with van der Waals surface area (Å²) in [6, 6.07) is 11.2. The molecule has 0 unspecified atom stereocenters. The number of esters is 1. The minimum Gasteiger partial charge on any atom is -0.401 e. The second-order valence-corrected chi connectivity index (χ2v) is 7.14. The van der Waals surface area contributed by atoms with Crippen molar-refractivity contribution in [2.75, 3.05) is 0 Å². The van der Waals surface area contributed by atoms with Crippen molar-refractivity contribution in [1.82, 2.24) is 4.98 Å². The van der Waals surface area contributed by atoms with Gasteiger partial charge < -0.3 is 4.74 Å². The van der Waals surface area contributed by atoms with Gasteiger partial charge in [-0.3, -0.25) is 0 Å². The van der Waals surface area contributed by atoms with Crippen LogP contribution < -0.4 is 0 Å². The van der Waals surface area contributed by atoms with Crippen LogP contribution in [0.5, 0.6) is 0 Å². The fourth-order valence-corrected chi connectivity index (χ4v) is 3.69. The lowest BCUT2D eigenvalue weighted by molar-refractivity contribution is -0.129. The Morgan fingerprint density at radius 1 is 1.12 bits per heavy atom. The molecule has 0 amide bonds. The monoisotopic (exact) mass is 372 g/mol. The number of halogens is 1. The first kappa shape index (κ1) is 15.3. The third-order valence-corrected chi connectivity index (χ3v) is 5.27. The van der Waals surface area contributed by atoms with E-state index in [1.807, 2.05) is 47.2 Å². The smallest absolute Gasteiger partial charge is 0.363 e. The number of hydrogen-bond acceptors (Lipinski definition) is 6. The van der Waals surface area contributed by atoms with Crippen molar-refractivity contribution in [3.8, 4) is 10.6 Å². The third kappa shape index (κ3) is 3.03. The zero-order chi connectivity index (χ0) is 16.5. The largest absolute Gasteiger partial charge is 0.401 e. The van der Waals surface area contributed by atoms with Crippen molar-refractivity contribution >= 4 is 52.2 Å². The summed E-state index contributed by atoms with van der Waals surface area (Å²) in [5.41, 5.74) is 1.91. The standard InChI is InChI=1S/C17H9ClN2O2S2/c18-11-5-3-10(4-6-11)16-19-12(9-24-16)8-13-17(21)22-15(20-13)14-2-1-7-23-14/h1-9H. The van der Waals surface area contributed by atoms with Gasteiger partial charge in [0.05, 0.1) is 10.6 Å². The Labute approximate surface area is 150 Å². The second-order valence-electron chi connectivity index (χ2n) is 4.90. The predicted molar refractivity (Wildman–Crippen MR) is 97.5 cm³/mol. The summed E-state index contributed by atoms with van der Waals surface area (Å²) >= 11 is 8.87. The highest BCUT2D eigenvalue weighted by molar-refractivity contribution is 7.13. The second kappa shape index (κ2) is 6.32. The van der Waals surface area contributed by atoms with Gasteiger partial charge in [0.15, 0.2) is 5.70 Å². The van der Waals surface area contributed by atoms with Crippen LogP contribution in [-0.2, 0) is 9.53 Å². The normalized spacial score (nSPS) is 15.6. The highest BCUT2D eigenvalue weighted by atomic mass is 35.5. The molecule has 1 aromatic carbocycles. The summed E-state index contributed by atoms with van der Waals surface area (Å²) < 4.78 is 5.21. The van der Waals surface area contributed by atoms with E-state index in [1.165, 1.54) is 22.7 Å². The van der Waals surface area contributed by atoms with Crippen molar-refractivity contribution in [3.05, 3.63) is 68.4 Å². The number of cyclic esters (lactones) is 1. The van der Waals surface area contributed by atoms with E-state index in [-0.39, 0.29) is 5.70 Å². The summed E-state index contributed by atoms with van der Waals surface area (Å²) in [7, 11) is 0. The number of thiophene rings is 1. The van der Waals surface area contributed by atoms with Crippen molar-refractivity contribution in [1.29, 1.82) is 0 Å². The lowest BCUT2D eigenvalue weighted by Crippen LogP contribution is -2.03. The molecule has 24 heavy (non-hydrogen) atoms. The van der Waals surface area contributed by atoms with Crippen LogP contribution in [-0.4, -0.2) is 16.9 Å². The van der Waals surface area contributed by atoms with Gasteiger partial charge in [0.1, 0.15) is 5.01 Å². The van der Waals surface area contributed by atoms with E-state index < -0.39 is 5.97 Å². The van der Waals surface area contributed by atoms with Crippen molar-refractivity contribution in [3.63, 3.8) is 0 Å². The first-order valence-corrected chi connectivity index (χ1v) is 9.11. The molecule has 1 aliphatic heterocycles. The molecule has 3 aromatic rings. The molecule has 1 aliphatic rings. The minimum absolute atomic E-state index is 0.256. The number of hydrogen-bond donors (Lipinski definition) is 0. The first-order valence-electron chi connectivity index (χ1n) is 6.97. The fraction of sp³-hybridized carbons (Fsp3) is 0. The molecular formula is C17H9ClN2O2S2. The lowest BCUT2D eigenvalue weighted by Gasteiger charge is -1.95. The molecule has 118 valence electrons. The third-order valence-electron chi connectivity index (χ3n) is 3.25. The van der Waals surface area contributed by atoms with Gasteiger partial charge in [-0.05, 0) is 29.7 Å². The predicted octanol–water partition coefficient (Wildman–Crippen LogP) is 4.87. The molecule has 2 aromatic heterocycles. The topological polar surface area (TPSA) is 51.5 Å².